The summed E-state index contributed by atoms with van der Waals surface area (Å²) < 4.78 is 29.1. The maximum atomic E-state index is 13.0. The second kappa shape index (κ2) is 8.13. The molecule has 0 bridgehead atoms. The SMILES string of the molecule is CCS(=O)(=O)CCCN1CCOc2ccc(-c3ccc(C)cc3)cc2C1=O. The third-order valence-corrected chi connectivity index (χ3v) is 6.61. The van der Waals surface area contributed by atoms with Gasteiger partial charge >= 0.3 is 0 Å². The van der Waals surface area contributed by atoms with E-state index >= 15 is 0 Å². The number of aryl methyl sites for hydroxylation is 1. The monoisotopic (exact) mass is 387 g/mol. The minimum absolute atomic E-state index is 0.102. The van der Waals surface area contributed by atoms with Gasteiger partial charge in [0.1, 0.15) is 22.2 Å². The highest BCUT2D eigenvalue weighted by atomic mass is 32.2. The number of ether oxygens (including phenoxy) is 1. The van der Waals surface area contributed by atoms with Gasteiger partial charge in [0.05, 0.1) is 17.9 Å². The summed E-state index contributed by atoms with van der Waals surface area (Å²) in [6.45, 7) is 4.95. The van der Waals surface area contributed by atoms with Crippen molar-refractivity contribution >= 4 is 15.7 Å². The second-order valence-corrected chi connectivity index (χ2v) is 9.28. The second-order valence-electron chi connectivity index (χ2n) is 6.81. The maximum Gasteiger partial charge on any atom is 0.257 e. The number of carbonyl (C=O) groups is 1. The Morgan fingerprint density at radius 3 is 2.48 bits per heavy atom. The molecule has 1 aliphatic rings. The van der Waals surface area contributed by atoms with Crippen LogP contribution < -0.4 is 4.74 Å². The number of benzene rings is 2. The average Bonchev–Trinajstić information content (AvgIpc) is 2.81. The molecule has 0 atom stereocenters. The molecule has 0 saturated heterocycles. The number of hydrogen-bond donors (Lipinski definition) is 0. The number of fused-ring (bicyclic) bond motifs is 1. The largest absolute Gasteiger partial charge is 0.491 e. The fourth-order valence-electron chi connectivity index (χ4n) is 3.12. The van der Waals surface area contributed by atoms with Crippen molar-refractivity contribution < 1.29 is 17.9 Å². The Hall–Kier alpha value is -2.34. The quantitative estimate of drug-likeness (QED) is 0.763. The molecule has 144 valence electrons. The van der Waals surface area contributed by atoms with E-state index in [-0.39, 0.29) is 17.4 Å². The van der Waals surface area contributed by atoms with Gasteiger partial charge in [0.2, 0.25) is 0 Å². The van der Waals surface area contributed by atoms with Crippen LogP contribution in [0.15, 0.2) is 42.5 Å². The first-order valence-electron chi connectivity index (χ1n) is 9.23. The zero-order valence-corrected chi connectivity index (χ0v) is 16.6. The van der Waals surface area contributed by atoms with Gasteiger partial charge in [-0.15, -0.1) is 0 Å². The Kier molecular flexibility index (Phi) is 5.85. The summed E-state index contributed by atoms with van der Waals surface area (Å²) in [6.07, 6.45) is 0.439. The molecule has 2 aromatic rings. The lowest BCUT2D eigenvalue weighted by atomic mass is 10.0. The van der Waals surface area contributed by atoms with Crippen LogP contribution in [0.2, 0.25) is 0 Å². The lowest BCUT2D eigenvalue weighted by Gasteiger charge is -2.20. The summed E-state index contributed by atoms with van der Waals surface area (Å²) >= 11 is 0. The minimum atomic E-state index is -3.02. The average molecular weight is 388 g/mol. The molecule has 1 amide bonds. The molecule has 5 nitrogen and oxygen atoms in total. The van der Waals surface area contributed by atoms with E-state index in [2.05, 4.69) is 0 Å². The summed E-state index contributed by atoms with van der Waals surface area (Å²) in [6, 6.07) is 13.8. The number of amides is 1. The molecule has 3 rings (SSSR count). The summed E-state index contributed by atoms with van der Waals surface area (Å²) in [5.41, 5.74) is 3.71. The zero-order chi connectivity index (χ0) is 19.4. The fraction of sp³-hybridized carbons (Fsp3) is 0.381. The Labute approximate surface area is 160 Å². The predicted octanol–water partition coefficient (Wildman–Crippen LogP) is 3.32. The van der Waals surface area contributed by atoms with Gasteiger partial charge in [0.15, 0.2) is 0 Å². The molecular formula is C21H25NO4S. The fourth-order valence-corrected chi connectivity index (χ4v) is 3.98. The number of rotatable bonds is 6. The molecule has 0 saturated carbocycles. The predicted molar refractivity (Wildman–Crippen MR) is 107 cm³/mol. The number of hydrogen-bond acceptors (Lipinski definition) is 4. The van der Waals surface area contributed by atoms with Gasteiger partial charge in [0, 0.05) is 12.3 Å². The molecule has 0 aliphatic carbocycles. The highest BCUT2D eigenvalue weighted by Crippen LogP contribution is 2.29. The van der Waals surface area contributed by atoms with E-state index in [1.165, 1.54) is 5.56 Å². The summed E-state index contributed by atoms with van der Waals surface area (Å²) in [4.78, 5) is 14.7. The summed E-state index contributed by atoms with van der Waals surface area (Å²) in [5.74, 6) is 0.710. The van der Waals surface area contributed by atoms with Crippen LogP contribution in [0.4, 0.5) is 0 Å². The van der Waals surface area contributed by atoms with E-state index < -0.39 is 9.84 Å². The van der Waals surface area contributed by atoms with Crippen molar-refractivity contribution in [3.8, 4) is 16.9 Å². The molecule has 0 spiro atoms. The Morgan fingerprint density at radius 2 is 1.78 bits per heavy atom. The van der Waals surface area contributed by atoms with Crippen LogP contribution in [0.5, 0.6) is 5.75 Å². The normalized spacial score (nSPS) is 14.4. The first-order chi connectivity index (χ1) is 12.9. The Balaban J connectivity index is 1.80. The van der Waals surface area contributed by atoms with Gasteiger partial charge in [-0.3, -0.25) is 4.79 Å². The topological polar surface area (TPSA) is 63.7 Å². The molecule has 1 heterocycles. The van der Waals surface area contributed by atoms with Gasteiger partial charge in [-0.05, 0) is 36.6 Å². The highest BCUT2D eigenvalue weighted by Gasteiger charge is 2.24. The van der Waals surface area contributed by atoms with Crippen molar-refractivity contribution in [2.24, 2.45) is 0 Å². The molecule has 0 unspecified atom stereocenters. The summed E-state index contributed by atoms with van der Waals surface area (Å²) in [5, 5.41) is 0. The van der Waals surface area contributed by atoms with Gasteiger partial charge in [-0.2, -0.15) is 0 Å². The van der Waals surface area contributed by atoms with Gasteiger partial charge in [0.25, 0.3) is 5.91 Å². The molecule has 0 fully saturated rings. The van der Waals surface area contributed by atoms with E-state index in [0.29, 0.717) is 37.4 Å². The van der Waals surface area contributed by atoms with Crippen molar-refractivity contribution in [1.82, 2.24) is 4.90 Å². The van der Waals surface area contributed by atoms with Gasteiger partial charge in [-0.1, -0.05) is 42.8 Å². The molecule has 0 radical (unpaired) electrons. The first kappa shape index (κ1) is 19.4. The molecule has 27 heavy (non-hydrogen) atoms. The third-order valence-electron chi connectivity index (χ3n) is 4.82. The molecular weight excluding hydrogens is 362 g/mol. The van der Waals surface area contributed by atoms with Crippen LogP contribution in [0, 0.1) is 6.92 Å². The maximum absolute atomic E-state index is 13.0. The van der Waals surface area contributed by atoms with E-state index in [1.807, 2.05) is 49.4 Å². The molecule has 0 N–H and O–H groups in total. The van der Waals surface area contributed by atoms with E-state index in [9.17, 15) is 13.2 Å². The smallest absolute Gasteiger partial charge is 0.257 e. The van der Waals surface area contributed by atoms with Crippen LogP contribution >= 0.6 is 0 Å². The molecule has 6 heteroatoms. The number of nitrogens with zero attached hydrogens (tertiary/aromatic N) is 1. The van der Waals surface area contributed by atoms with E-state index in [1.54, 1.807) is 11.8 Å². The first-order valence-corrected chi connectivity index (χ1v) is 11.1. The third kappa shape index (κ3) is 4.69. The van der Waals surface area contributed by atoms with E-state index in [4.69, 9.17) is 4.74 Å². The molecule has 2 aromatic carbocycles. The van der Waals surface area contributed by atoms with Crippen LogP contribution in [0.25, 0.3) is 11.1 Å². The standard InChI is InChI=1S/C21H25NO4S/c1-3-27(24,25)14-4-11-22-12-13-26-20-10-9-18(15-19(20)21(22)23)17-7-5-16(2)6-8-17/h5-10,15H,3-4,11-14H2,1-2H3. The van der Waals surface area contributed by atoms with Crippen molar-refractivity contribution in [3.05, 3.63) is 53.6 Å². The highest BCUT2D eigenvalue weighted by molar-refractivity contribution is 7.91. The Morgan fingerprint density at radius 1 is 1.07 bits per heavy atom. The lowest BCUT2D eigenvalue weighted by Crippen LogP contribution is -2.34. The number of carbonyl (C=O) groups excluding carboxylic acids is 1. The Bertz CT molecular complexity index is 920. The zero-order valence-electron chi connectivity index (χ0n) is 15.8. The molecule has 1 aliphatic heterocycles. The van der Waals surface area contributed by atoms with Crippen molar-refractivity contribution in [2.75, 3.05) is 31.2 Å². The number of sulfone groups is 1. The van der Waals surface area contributed by atoms with Crippen molar-refractivity contribution in [1.29, 1.82) is 0 Å². The lowest BCUT2D eigenvalue weighted by molar-refractivity contribution is 0.0756. The van der Waals surface area contributed by atoms with Crippen LogP contribution in [0.3, 0.4) is 0 Å². The molecule has 0 aromatic heterocycles. The van der Waals surface area contributed by atoms with Crippen molar-refractivity contribution in [3.63, 3.8) is 0 Å². The van der Waals surface area contributed by atoms with Crippen LogP contribution in [0.1, 0.15) is 29.3 Å². The van der Waals surface area contributed by atoms with Gasteiger partial charge in [-0.25, -0.2) is 8.42 Å². The van der Waals surface area contributed by atoms with Crippen LogP contribution in [-0.2, 0) is 9.84 Å². The van der Waals surface area contributed by atoms with E-state index in [0.717, 1.165) is 11.1 Å². The van der Waals surface area contributed by atoms with Gasteiger partial charge < -0.3 is 9.64 Å². The summed E-state index contributed by atoms with van der Waals surface area (Å²) in [7, 11) is -3.02. The van der Waals surface area contributed by atoms with Crippen molar-refractivity contribution in [2.45, 2.75) is 20.3 Å². The minimum Gasteiger partial charge on any atom is -0.491 e. The van der Waals surface area contributed by atoms with Crippen LogP contribution in [-0.4, -0.2) is 50.4 Å².